The van der Waals surface area contributed by atoms with Gasteiger partial charge in [0.25, 0.3) is 0 Å². The lowest BCUT2D eigenvalue weighted by molar-refractivity contribution is -0.132. The molecular weight excluding hydrogens is 286 g/mol. The summed E-state index contributed by atoms with van der Waals surface area (Å²) in [6.45, 7) is 1.34. The number of hydrogen-bond acceptors (Lipinski definition) is 5. The van der Waals surface area contributed by atoms with Crippen LogP contribution in [0.25, 0.3) is 6.08 Å². The van der Waals surface area contributed by atoms with Gasteiger partial charge in [-0.15, -0.1) is 0 Å². The predicted octanol–water partition coefficient (Wildman–Crippen LogP) is 1.18. The fraction of sp³-hybridized carbons (Fsp3) is 0.438. The average molecular weight is 307 g/mol. The minimum Gasteiger partial charge on any atom is -0.493 e. The number of aliphatic hydroxyl groups is 1. The molecule has 1 amide bonds. The molecule has 0 bridgehead atoms. The van der Waals surface area contributed by atoms with Crippen LogP contribution in [-0.2, 0) is 4.79 Å². The Morgan fingerprint density at radius 2 is 1.82 bits per heavy atom. The van der Waals surface area contributed by atoms with Gasteiger partial charge in [0.1, 0.15) is 0 Å². The van der Waals surface area contributed by atoms with E-state index >= 15 is 0 Å². The highest BCUT2D eigenvalue weighted by Crippen LogP contribution is 2.38. The number of benzene rings is 1. The van der Waals surface area contributed by atoms with Gasteiger partial charge in [0.15, 0.2) is 11.5 Å². The summed E-state index contributed by atoms with van der Waals surface area (Å²) >= 11 is 0. The second-order valence-electron chi connectivity index (χ2n) is 5.08. The highest BCUT2D eigenvalue weighted by atomic mass is 16.5. The Bertz CT molecular complexity index is 539. The SMILES string of the molecule is COc1cc(/C=C/C(=O)N2CC(CO)C2)cc(OC)c1OC. The third-order valence-electron chi connectivity index (χ3n) is 3.63. The molecule has 0 saturated carbocycles. The van der Waals surface area contributed by atoms with Gasteiger partial charge in [-0.1, -0.05) is 0 Å². The fourth-order valence-corrected chi connectivity index (χ4v) is 2.34. The quantitative estimate of drug-likeness (QED) is 0.799. The van der Waals surface area contributed by atoms with E-state index in [2.05, 4.69) is 0 Å². The molecule has 0 aromatic heterocycles. The van der Waals surface area contributed by atoms with Crippen LogP contribution in [-0.4, -0.2) is 56.9 Å². The summed E-state index contributed by atoms with van der Waals surface area (Å²) in [5.41, 5.74) is 0.780. The van der Waals surface area contributed by atoms with Crippen LogP contribution in [0.1, 0.15) is 5.56 Å². The Labute approximate surface area is 129 Å². The first-order chi connectivity index (χ1) is 10.6. The maximum Gasteiger partial charge on any atom is 0.246 e. The van der Waals surface area contributed by atoms with Crippen LogP contribution in [0.4, 0.5) is 0 Å². The van der Waals surface area contributed by atoms with Crippen molar-refractivity contribution in [2.75, 3.05) is 41.0 Å². The molecule has 0 aliphatic carbocycles. The standard InChI is InChI=1S/C16H21NO5/c1-20-13-6-11(7-14(21-2)16(13)22-3)4-5-15(19)17-8-12(9-17)10-18/h4-7,12,18H,8-10H2,1-3H3/b5-4+. The van der Waals surface area contributed by atoms with Crippen molar-refractivity contribution in [2.24, 2.45) is 5.92 Å². The second-order valence-corrected chi connectivity index (χ2v) is 5.08. The molecule has 22 heavy (non-hydrogen) atoms. The molecule has 1 saturated heterocycles. The molecule has 1 N–H and O–H groups in total. The fourth-order valence-electron chi connectivity index (χ4n) is 2.34. The summed E-state index contributed by atoms with van der Waals surface area (Å²) in [4.78, 5) is 13.7. The molecule has 0 unspecified atom stereocenters. The predicted molar refractivity (Wildman–Crippen MR) is 82.3 cm³/mol. The zero-order valence-electron chi connectivity index (χ0n) is 13.0. The van der Waals surface area contributed by atoms with Crippen LogP contribution < -0.4 is 14.2 Å². The number of amides is 1. The van der Waals surface area contributed by atoms with E-state index in [-0.39, 0.29) is 18.4 Å². The number of rotatable bonds is 6. The van der Waals surface area contributed by atoms with Crippen LogP contribution in [0.15, 0.2) is 18.2 Å². The molecule has 2 rings (SSSR count). The summed E-state index contributed by atoms with van der Waals surface area (Å²) in [6, 6.07) is 3.55. The largest absolute Gasteiger partial charge is 0.493 e. The number of carbonyl (C=O) groups excluding carboxylic acids is 1. The molecule has 0 atom stereocenters. The first-order valence-corrected chi connectivity index (χ1v) is 7.00. The number of ether oxygens (including phenoxy) is 3. The lowest BCUT2D eigenvalue weighted by Crippen LogP contribution is -2.50. The van der Waals surface area contributed by atoms with Crippen molar-refractivity contribution >= 4 is 12.0 Å². The van der Waals surface area contributed by atoms with Crippen molar-refractivity contribution < 1.29 is 24.1 Å². The smallest absolute Gasteiger partial charge is 0.246 e. The average Bonchev–Trinajstić information content (AvgIpc) is 2.50. The summed E-state index contributed by atoms with van der Waals surface area (Å²) in [5, 5.41) is 8.96. The molecule has 0 radical (unpaired) electrons. The lowest BCUT2D eigenvalue weighted by Gasteiger charge is -2.37. The molecular formula is C16H21NO5. The summed E-state index contributed by atoms with van der Waals surface area (Å²) < 4.78 is 15.8. The van der Waals surface area contributed by atoms with Crippen LogP contribution in [0.2, 0.25) is 0 Å². The summed E-state index contributed by atoms with van der Waals surface area (Å²) in [5.74, 6) is 1.73. The van der Waals surface area contributed by atoms with Crippen LogP contribution >= 0.6 is 0 Å². The maximum atomic E-state index is 12.0. The van der Waals surface area contributed by atoms with Crippen molar-refractivity contribution in [1.29, 1.82) is 0 Å². The van der Waals surface area contributed by atoms with E-state index in [1.165, 1.54) is 6.08 Å². The van der Waals surface area contributed by atoms with Gasteiger partial charge in [0, 0.05) is 31.7 Å². The first kappa shape index (κ1) is 16.2. The third-order valence-corrected chi connectivity index (χ3v) is 3.63. The number of methoxy groups -OCH3 is 3. The lowest BCUT2D eigenvalue weighted by atomic mass is 10.0. The molecule has 6 heteroatoms. The van der Waals surface area contributed by atoms with Gasteiger partial charge >= 0.3 is 0 Å². The van der Waals surface area contributed by atoms with Crippen molar-refractivity contribution in [3.05, 3.63) is 23.8 Å². The van der Waals surface area contributed by atoms with E-state index in [0.717, 1.165) is 5.56 Å². The van der Waals surface area contributed by atoms with Crippen molar-refractivity contribution in [2.45, 2.75) is 0 Å². The molecule has 1 aliphatic rings. The first-order valence-electron chi connectivity index (χ1n) is 7.00. The monoisotopic (exact) mass is 307 g/mol. The third kappa shape index (κ3) is 3.33. The van der Waals surface area contributed by atoms with E-state index in [1.807, 2.05) is 0 Å². The van der Waals surface area contributed by atoms with E-state index < -0.39 is 0 Å². The maximum absolute atomic E-state index is 12.0. The van der Waals surface area contributed by atoms with Gasteiger partial charge in [-0.2, -0.15) is 0 Å². The van der Waals surface area contributed by atoms with Crippen LogP contribution in [0, 0.1) is 5.92 Å². The Hall–Kier alpha value is -2.21. The van der Waals surface area contributed by atoms with E-state index in [9.17, 15) is 4.79 Å². The van der Waals surface area contributed by atoms with Crippen LogP contribution in [0.5, 0.6) is 17.2 Å². The van der Waals surface area contributed by atoms with Gasteiger partial charge in [-0.05, 0) is 23.8 Å². The number of likely N-dealkylation sites (tertiary alicyclic amines) is 1. The molecule has 1 aromatic carbocycles. The molecule has 6 nitrogen and oxygen atoms in total. The van der Waals surface area contributed by atoms with Gasteiger partial charge in [-0.25, -0.2) is 0 Å². The molecule has 120 valence electrons. The van der Waals surface area contributed by atoms with Crippen molar-refractivity contribution in [3.63, 3.8) is 0 Å². The normalized spacial score (nSPS) is 14.8. The second kappa shape index (κ2) is 7.17. The highest BCUT2D eigenvalue weighted by molar-refractivity contribution is 5.92. The molecule has 1 fully saturated rings. The Morgan fingerprint density at radius 1 is 1.23 bits per heavy atom. The van der Waals surface area contributed by atoms with Crippen molar-refractivity contribution in [1.82, 2.24) is 4.90 Å². The van der Waals surface area contributed by atoms with Gasteiger partial charge in [-0.3, -0.25) is 4.79 Å². The number of hydrogen-bond donors (Lipinski definition) is 1. The van der Waals surface area contributed by atoms with Crippen LogP contribution in [0.3, 0.4) is 0 Å². The zero-order valence-corrected chi connectivity index (χ0v) is 13.0. The van der Waals surface area contributed by atoms with Gasteiger partial charge < -0.3 is 24.2 Å². The zero-order chi connectivity index (χ0) is 16.1. The minimum absolute atomic E-state index is 0.0709. The summed E-state index contributed by atoms with van der Waals surface area (Å²) in [6.07, 6.45) is 3.22. The van der Waals surface area contributed by atoms with E-state index in [0.29, 0.717) is 30.3 Å². The van der Waals surface area contributed by atoms with Crippen molar-refractivity contribution in [3.8, 4) is 17.2 Å². The number of nitrogens with zero attached hydrogens (tertiary/aromatic N) is 1. The molecule has 1 heterocycles. The Balaban J connectivity index is 2.12. The minimum atomic E-state index is -0.0709. The topological polar surface area (TPSA) is 68.2 Å². The molecule has 1 aliphatic heterocycles. The highest BCUT2D eigenvalue weighted by Gasteiger charge is 2.28. The van der Waals surface area contributed by atoms with Gasteiger partial charge in [0.2, 0.25) is 11.7 Å². The van der Waals surface area contributed by atoms with Gasteiger partial charge in [0.05, 0.1) is 21.3 Å². The molecule has 1 aromatic rings. The van der Waals surface area contributed by atoms with E-state index in [1.54, 1.807) is 44.4 Å². The summed E-state index contributed by atoms with van der Waals surface area (Å²) in [7, 11) is 4.64. The Kier molecular flexibility index (Phi) is 5.27. The van der Waals surface area contributed by atoms with E-state index in [4.69, 9.17) is 19.3 Å². The number of aliphatic hydroxyl groups excluding tert-OH is 1. The molecule has 0 spiro atoms. The Morgan fingerprint density at radius 3 is 2.27 bits per heavy atom. The number of carbonyl (C=O) groups is 1.